The van der Waals surface area contributed by atoms with Crippen molar-refractivity contribution in [2.45, 2.75) is 0 Å². The molecule has 0 radical (unpaired) electrons. The highest BCUT2D eigenvalue weighted by Gasteiger charge is 2.05. The van der Waals surface area contributed by atoms with Crippen LogP contribution in [0.5, 0.6) is 5.75 Å². The summed E-state index contributed by atoms with van der Waals surface area (Å²) < 4.78 is 4.86. The highest BCUT2D eigenvalue weighted by atomic mass is 35.5. The zero-order valence-corrected chi connectivity index (χ0v) is 7.78. The van der Waals surface area contributed by atoms with E-state index >= 15 is 0 Å². The quantitative estimate of drug-likeness (QED) is 0.826. The fourth-order valence-corrected chi connectivity index (χ4v) is 1.03. The average Bonchev–Trinajstić information content (AvgIpc) is 2.15. The molecule has 1 N–H and O–H groups in total. The summed E-state index contributed by atoms with van der Waals surface area (Å²) in [6.45, 7) is -0.476. The lowest BCUT2D eigenvalue weighted by atomic mass is 10.2. The molecule has 0 spiro atoms. The van der Waals surface area contributed by atoms with Crippen LogP contribution in [0, 0.1) is 11.3 Å². The van der Waals surface area contributed by atoms with Crippen LogP contribution in [0.4, 0.5) is 0 Å². The van der Waals surface area contributed by atoms with Crippen LogP contribution in [-0.4, -0.2) is 17.7 Å². The lowest BCUT2D eigenvalue weighted by Gasteiger charge is -2.04. The van der Waals surface area contributed by atoms with E-state index in [9.17, 15) is 4.79 Å². The fourth-order valence-electron chi connectivity index (χ4n) is 0.855. The first-order valence-corrected chi connectivity index (χ1v) is 4.05. The molecule has 0 aliphatic heterocycles. The van der Waals surface area contributed by atoms with Crippen LogP contribution in [0.3, 0.4) is 0 Å². The van der Waals surface area contributed by atoms with Crippen molar-refractivity contribution in [3.8, 4) is 11.8 Å². The summed E-state index contributed by atoms with van der Waals surface area (Å²) in [5.41, 5.74) is 0.221. The topological polar surface area (TPSA) is 70.3 Å². The van der Waals surface area contributed by atoms with Gasteiger partial charge in [-0.1, -0.05) is 11.6 Å². The first-order chi connectivity index (χ1) is 6.63. The van der Waals surface area contributed by atoms with E-state index < -0.39 is 12.6 Å². The predicted molar refractivity (Wildman–Crippen MR) is 49.3 cm³/mol. The maximum absolute atomic E-state index is 10.2. The Morgan fingerprint density at radius 3 is 2.93 bits per heavy atom. The van der Waals surface area contributed by atoms with Crippen molar-refractivity contribution < 1.29 is 14.6 Å². The minimum atomic E-state index is -1.09. The van der Waals surface area contributed by atoms with E-state index in [1.165, 1.54) is 18.2 Å². The number of hydrogen-bond acceptors (Lipinski definition) is 3. The molecule has 0 fully saturated rings. The van der Waals surface area contributed by atoms with E-state index in [0.29, 0.717) is 5.02 Å². The van der Waals surface area contributed by atoms with Gasteiger partial charge in [0.1, 0.15) is 11.8 Å². The Morgan fingerprint density at radius 2 is 2.36 bits per heavy atom. The summed E-state index contributed by atoms with van der Waals surface area (Å²) in [6, 6.07) is 6.26. The summed E-state index contributed by atoms with van der Waals surface area (Å²) in [5, 5.41) is 17.4. The van der Waals surface area contributed by atoms with Gasteiger partial charge >= 0.3 is 5.97 Å². The molecule has 72 valence electrons. The van der Waals surface area contributed by atoms with Crippen LogP contribution in [0.15, 0.2) is 18.2 Å². The van der Waals surface area contributed by atoms with E-state index in [0.717, 1.165) is 0 Å². The van der Waals surface area contributed by atoms with E-state index in [1.54, 1.807) is 0 Å². The first kappa shape index (κ1) is 10.4. The minimum absolute atomic E-state index is 0.221. The summed E-state index contributed by atoms with van der Waals surface area (Å²) in [4.78, 5) is 10.2. The molecule has 0 saturated carbocycles. The lowest BCUT2D eigenvalue weighted by Crippen LogP contribution is -2.10. The molecule has 0 saturated heterocycles. The number of ether oxygens (including phenoxy) is 1. The highest BCUT2D eigenvalue weighted by Crippen LogP contribution is 2.21. The van der Waals surface area contributed by atoms with Crippen molar-refractivity contribution in [1.82, 2.24) is 0 Å². The van der Waals surface area contributed by atoms with E-state index in [2.05, 4.69) is 0 Å². The Bertz CT molecular complexity index is 398. The molecule has 0 heterocycles. The average molecular weight is 212 g/mol. The Morgan fingerprint density at radius 1 is 1.64 bits per heavy atom. The summed E-state index contributed by atoms with van der Waals surface area (Å²) in [7, 11) is 0. The third-order valence-electron chi connectivity index (χ3n) is 1.41. The van der Waals surface area contributed by atoms with Crippen molar-refractivity contribution in [3.05, 3.63) is 28.8 Å². The number of carboxylic acid groups (broad SMARTS) is 1. The molecule has 1 aromatic rings. The standard InChI is InChI=1S/C9H6ClNO3/c10-7-1-2-8(6(3-7)4-11)14-5-9(12)13/h1-3H,5H2,(H,12,13). The lowest BCUT2D eigenvalue weighted by molar-refractivity contribution is -0.139. The molecule has 0 bridgehead atoms. The Balaban J connectivity index is 2.87. The van der Waals surface area contributed by atoms with Gasteiger partial charge in [0, 0.05) is 5.02 Å². The molecule has 0 amide bonds. The molecule has 4 nitrogen and oxygen atoms in total. The number of halogens is 1. The fraction of sp³-hybridized carbons (Fsp3) is 0.111. The van der Waals surface area contributed by atoms with Gasteiger partial charge in [-0.3, -0.25) is 0 Å². The van der Waals surface area contributed by atoms with Crippen LogP contribution in [0.2, 0.25) is 5.02 Å². The van der Waals surface area contributed by atoms with Crippen LogP contribution < -0.4 is 4.74 Å². The Hall–Kier alpha value is -1.73. The van der Waals surface area contributed by atoms with Crippen LogP contribution in [0.25, 0.3) is 0 Å². The largest absolute Gasteiger partial charge is 0.481 e. The SMILES string of the molecule is N#Cc1cc(Cl)ccc1OCC(=O)O. The van der Waals surface area contributed by atoms with Gasteiger partial charge in [0.25, 0.3) is 0 Å². The second-order valence-electron chi connectivity index (χ2n) is 2.43. The normalized spacial score (nSPS) is 9.14. The van der Waals surface area contributed by atoms with Gasteiger partial charge in [-0.2, -0.15) is 5.26 Å². The smallest absolute Gasteiger partial charge is 0.341 e. The number of carbonyl (C=O) groups is 1. The van der Waals surface area contributed by atoms with Crippen molar-refractivity contribution in [2.75, 3.05) is 6.61 Å². The van der Waals surface area contributed by atoms with Crippen LogP contribution in [0.1, 0.15) is 5.56 Å². The van der Waals surface area contributed by atoms with Gasteiger partial charge in [-0.25, -0.2) is 4.79 Å². The Kier molecular flexibility index (Phi) is 3.32. The zero-order chi connectivity index (χ0) is 10.6. The number of nitrogens with zero attached hydrogens (tertiary/aromatic N) is 1. The molecule has 14 heavy (non-hydrogen) atoms. The number of nitriles is 1. The van der Waals surface area contributed by atoms with E-state index in [-0.39, 0.29) is 11.3 Å². The molecule has 0 aromatic heterocycles. The first-order valence-electron chi connectivity index (χ1n) is 3.67. The van der Waals surface area contributed by atoms with Crippen molar-refractivity contribution in [2.24, 2.45) is 0 Å². The molecular weight excluding hydrogens is 206 g/mol. The maximum atomic E-state index is 10.2. The van der Waals surface area contributed by atoms with Crippen molar-refractivity contribution >= 4 is 17.6 Å². The second-order valence-corrected chi connectivity index (χ2v) is 2.87. The van der Waals surface area contributed by atoms with Crippen molar-refractivity contribution in [1.29, 1.82) is 5.26 Å². The molecule has 0 unspecified atom stereocenters. The maximum Gasteiger partial charge on any atom is 0.341 e. The third-order valence-corrected chi connectivity index (χ3v) is 1.65. The summed E-state index contributed by atoms with van der Waals surface area (Å²) in [5.74, 6) is -0.872. The highest BCUT2D eigenvalue weighted by molar-refractivity contribution is 6.30. The third kappa shape index (κ3) is 2.64. The number of benzene rings is 1. The van der Waals surface area contributed by atoms with Crippen LogP contribution >= 0.6 is 11.6 Å². The summed E-state index contributed by atoms with van der Waals surface area (Å²) >= 11 is 5.64. The van der Waals surface area contributed by atoms with Gasteiger partial charge in [-0.15, -0.1) is 0 Å². The number of rotatable bonds is 3. The van der Waals surface area contributed by atoms with Gasteiger partial charge in [0.2, 0.25) is 0 Å². The molecule has 1 rings (SSSR count). The van der Waals surface area contributed by atoms with Gasteiger partial charge in [0.15, 0.2) is 6.61 Å². The monoisotopic (exact) mass is 211 g/mol. The summed E-state index contributed by atoms with van der Waals surface area (Å²) in [6.07, 6.45) is 0. The Labute approximate surface area is 85.3 Å². The predicted octanol–water partition coefficient (Wildman–Crippen LogP) is 1.68. The molecule has 0 aliphatic rings. The number of carboxylic acids is 1. The van der Waals surface area contributed by atoms with Crippen molar-refractivity contribution in [3.63, 3.8) is 0 Å². The van der Waals surface area contributed by atoms with Crippen LogP contribution in [-0.2, 0) is 4.79 Å². The second kappa shape index (κ2) is 4.49. The molecular formula is C9H6ClNO3. The number of hydrogen-bond donors (Lipinski definition) is 1. The van der Waals surface area contributed by atoms with E-state index in [4.69, 9.17) is 26.7 Å². The van der Waals surface area contributed by atoms with E-state index in [1.807, 2.05) is 6.07 Å². The molecule has 0 atom stereocenters. The van der Waals surface area contributed by atoms with Gasteiger partial charge in [0.05, 0.1) is 5.56 Å². The molecule has 5 heteroatoms. The number of aliphatic carboxylic acids is 1. The molecule has 0 aliphatic carbocycles. The van der Waals surface area contributed by atoms with Gasteiger partial charge < -0.3 is 9.84 Å². The molecule has 1 aromatic carbocycles. The zero-order valence-electron chi connectivity index (χ0n) is 7.03. The van der Waals surface area contributed by atoms with Gasteiger partial charge in [-0.05, 0) is 18.2 Å². The minimum Gasteiger partial charge on any atom is -0.481 e.